The van der Waals surface area contributed by atoms with Gasteiger partial charge in [0.15, 0.2) is 9.84 Å². The van der Waals surface area contributed by atoms with E-state index in [9.17, 15) is 13.2 Å². The van der Waals surface area contributed by atoms with Gasteiger partial charge in [-0.15, -0.1) is 0 Å². The van der Waals surface area contributed by atoms with Gasteiger partial charge in [0, 0.05) is 12.6 Å². The number of sulfone groups is 1. The fourth-order valence-corrected chi connectivity index (χ4v) is 5.59. The summed E-state index contributed by atoms with van der Waals surface area (Å²) in [5.74, 6) is -0.330. The summed E-state index contributed by atoms with van der Waals surface area (Å²) in [5, 5.41) is 0. The van der Waals surface area contributed by atoms with Crippen LogP contribution in [0.4, 0.5) is 0 Å². The number of aromatic nitrogens is 1. The van der Waals surface area contributed by atoms with E-state index in [0.29, 0.717) is 16.3 Å². The third-order valence-corrected chi connectivity index (χ3v) is 7.09. The highest BCUT2D eigenvalue weighted by Crippen LogP contribution is 2.24. The van der Waals surface area contributed by atoms with E-state index in [-0.39, 0.29) is 17.7 Å². The second-order valence-electron chi connectivity index (χ2n) is 7.34. The molecule has 0 spiro atoms. The Kier molecular flexibility index (Phi) is 5.65. The van der Waals surface area contributed by atoms with Gasteiger partial charge in [-0.25, -0.2) is 13.4 Å². The Morgan fingerprint density at radius 1 is 1.11 bits per heavy atom. The van der Waals surface area contributed by atoms with E-state index < -0.39 is 9.84 Å². The number of benzene rings is 1. The number of carbonyl (C=O) groups is 1. The van der Waals surface area contributed by atoms with Crippen molar-refractivity contribution < 1.29 is 13.2 Å². The zero-order valence-electron chi connectivity index (χ0n) is 16.1. The molecule has 0 saturated carbocycles. The highest BCUT2D eigenvalue weighted by Gasteiger charge is 2.26. The average molecular weight is 387 g/mol. The van der Waals surface area contributed by atoms with Crippen LogP contribution in [0.3, 0.4) is 0 Å². The molecule has 1 atom stereocenters. The fraction of sp³-hybridized carbons (Fsp3) is 0.429. The van der Waals surface area contributed by atoms with Gasteiger partial charge in [-0.05, 0) is 63.3 Å². The monoisotopic (exact) mass is 386 g/mol. The maximum Gasteiger partial charge on any atom is 0.272 e. The SMILES string of the molecule is Cc1cccc(C)c1S(=O)(=O)Cc1cccc(C(=O)N2CCCCC2C)n1. The first-order valence-corrected chi connectivity index (χ1v) is 11.0. The van der Waals surface area contributed by atoms with Crippen molar-refractivity contribution in [2.24, 2.45) is 0 Å². The van der Waals surface area contributed by atoms with Crippen LogP contribution in [0.25, 0.3) is 0 Å². The van der Waals surface area contributed by atoms with Crippen LogP contribution in [0.5, 0.6) is 0 Å². The first kappa shape index (κ1) is 19.5. The summed E-state index contributed by atoms with van der Waals surface area (Å²) < 4.78 is 25.9. The van der Waals surface area contributed by atoms with Crippen LogP contribution in [0.1, 0.15) is 53.5 Å². The number of piperidine rings is 1. The Hall–Kier alpha value is -2.21. The Balaban J connectivity index is 1.87. The van der Waals surface area contributed by atoms with E-state index in [2.05, 4.69) is 4.98 Å². The van der Waals surface area contributed by atoms with Crippen LogP contribution >= 0.6 is 0 Å². The number of hydrogen-bond acceptors (Lipinski definition) is 4. The number of pyridine rings is 1. The van der Waals surface area contributed by atoms with Crippen LogP contribution in [-0.4, -0.2) is 36.8 Å². The van der Waals surface area contributed by atoms with E-state index in [0.717, 1.165) is 36.9 Å². The van der Waals surface area contributed by atoms with Gasteiger partial charge in [0.05, 0.1) is 16.3 Å². The second kappa shape index (κ2) is 7.80. The highest BCUT2D eigenvalue weighted by molar-refractivity contribution is 7.90. The zero-order valence-corrected chi connectivity index (χ0v) is 16.9. The largest absolute Gasteiger partial charge is 0.335 e. The van der Waals surface area contributed by atoms with Gasteiger partial charge in [-0.2, -0.15) is 0 Å². The van der Waals surface area contributed by atoms with Gasteiger partial charge in [0.2, 0.25) is 0 Å². The molecule has 1 saturated heterocycles. The molecule has 2 aromatic rings. The van der Waals surface area contributed by atoms with E-state index in [4.69, 9.17) is 0 Å². The Labute approximate surface area is 161 Å². The van der Waals surface area contributed by atoms with Gasteiger partial charge in [0.1, 0.15) is 5.69 Å². The smallest absolute Gasteiger partial charge is 0.272 e. The lowest BCUT2D eigenvalue weighted by Gasteiger charge is -2.33. The van der Waals surface area contributed by atoms with Gasteiger partial charge in [0.25, 0.3) is 5.91 Å². The molecule has 3 rings (SSSR count). The lowest BCUT2D eigenvalue weighted by atomic mass is 10.0. The minimum Gasteiger partial charge on any atom is -0.335 e. The maximum absolute atomic E-state index is 12.9. The molecular weight excluding hydrogens is 360 g/mol. The summed E-state index contributed by atoms with van der Waals surface area (Å²) >= 11 is 0. The number of hydrogen-bond donors (Lipinski definition) is 0. The lowest BCUT2D eigenvalue weighted by Crippen LogP contribution is -2.42. The zero-order chi connectivity index (χ0) is 19.6. The first-order chi connectivity index (χ1) is 12.8. The molecule has 1 unspecified atom stereocenters. The van der Waals surface area contributed by atoms with Crippen LogP contribution in [0.2, 0.25) is 0 Å². The maximum atomic E-state index is 12.9. The molecule has 1 aliphatic rings. The van der Waals surface area contributed by atoms with Crippen molar-refractivity contribution in [2.75, 3.05) is 6.54 Å². The lowest BCUT2D eigenvalue weighted by molar-refractivity contribution is 0.0629. The van der Waals surface area contributed by atoms with Crippen LogP contribution in [0, 0.1) is 13.8 Å². The van der Waals surface area contributed by atoms with Crippen LogP contribution in [-0.2, 0) is 15.6 Å². The summed E-state index contributed by atoms with van der Waals surface area (Å²) in [5.41, 5.74) is 2.17. The summed E-state index contributed by atoms with van der Waals surface area (Å²) in [7, 11) is -3.54. The van der Waals surface area contributed by atoms with Crippen LogP contribution < -0.4 is 0 Å². The van der Waals surface area contributed by atoms with Crippen molar-refractivity contribution in [1.82, 2.24) is 9.88 Å². The summed E-state index contributed by atoms with van der Waals surface area (Å²) in [6, 6.07) is 10.7. The third-order valence-electron chi connectivity index (χ3n) is 5.15. The van der Waals surface area contributed by atoms with Crippen molar-refractivity contribution in [3.8, 4) is 0 Å². The van der Waals surface area contributed by atoms with Crippen molar-refractivity contribution in [3.05, 3.63) is 58.9 Å². The first-order valence-electron chi connectivity index (χ1n) is 9.35. The van der Waals surface area contributed by atoms with Crippen molar-refractivity contribution in [2.45, 2.75) is 56.7 Å². The topological polar surface area (TPSA) is 67.3 Å². The molecule has 0 aliphatic carbocycles. The molecule has 0 N–H and O–H groups in total. The van der Waals surface area contributed by atoms with Gasteiger partial charge in [-0.1, -0.05) is 24.3 Å². The Morgan fingerprint density at radius 2 is 1.78 bits per heavy atom. The molecule has 0 radical (unpaired) electrons. The molecule has 144 valence electrons. The Bertz CT molecular complexity index is 933. The van der Waals surface area contributed by atoms with Gasteiger partial charge >= 0.3 is 0 Å². The Morgan fingerprint density at radius 3 is 2.44 bits per heavy atom. The number of rotatable bonds is 4. The van der Waals surface area contributed by atoms with Crippen molar-refractivity contribution in [3.63, 3.8) is 0 Å². The molecule has 1 aromatic carbocycles. The molecular formula is C21H26N2O3S. The molecule has 6 heteroatoms. The number of carbonyl (C=O) groups excluding carboxylic acids is 1. The number of aryl methyl sites for hydroxylation is 2. The number of amides is 1. The van der Waals surface area contributed by atoms with Crippen molar-refractivity contribution in [1.29, 1.82) is 0 Å². The molecule has 27 heavy (non-hydrogen) atoms. The van der Waals surface area contributed by atoms with Crippen LogP contribution in [0.15, 0.2) is 41.3 Å². The minimum atomic E-state index is -3.54. The third kappa shape index (κ3) is 4.21. The molecule has 2 heterocycles. The predicted molar refractivity (Wildman–Crippen MR) is 105 cm³/mol. The molecule has 1 fully saturated rings. The summed E-state index contributed by atoms with van der Waals surface area (Å²) in [6.07, 6.45) is 3.12. The van der Waals surface area contributed by atoms with Crippen molar-refractivity contribution >= 4 is 15.7 Å². The number of nitrogens with zero attached hydrogens (tertiary/aromatic N) is 2. The number of likely N-dealkylation sites (tertiary alicyclic amines) is 1. The van der Waals surface area contributed by atoms with E-state index >= 15 is 0 Å². The second-order valence-corrected chi connectivity index (χ2v) is 9.26. The molecule has 5 nitrogen and oxygen atoms in total. The van der Waals surface area contributed by atoms with E-state index in [1.165, 1.54) is 0 Å². The quantitative estimate of drug-likeness (QED) is 0.804. The van der Waals surface area contributed by atoms with Gasteiger partial charge in [-0.3, -0.25) is 4.79 Å². The summed E-state index contributed by atoms with van der Waals surface area (Å²) in [4.78, 5) is 19.4. The molecule has 1 aromatic heterocycles. The minimum absolute atomic E-state index is 0.117. The molecule has 1 aliphatic heterocycles. The summed E-state index contributed by atoms with van der Waals surface area (Å²) in [6.45, 7) is 6.37. The van der Waals surface area contributed by atoms with E-state index in [1.54, 1.807) is 44.2 Å². The van der Waals surface area contributed by atoms with E-state index in [1.807, 2.05) is 17.9 Å². The predicted octanol–water partition coefficient (Wildman–Crippen LogP) is 3.69. The highest BCUT2D eigenvalue weighted by atomic mass is 32.2. The fourth-order valence-electron chi connectivity index (χ4n) is 3.78. The normalized spacial score (nSPS) is 17.7. The molecule has 0 bridgehead atoms. The average Bonchev–Trinajstić information content (AvgIpc) is 2.61. The van der Waals surface area contributed by atoms with Gasteiger partial charge < -0.3 is 4.90 Å². The molecule has 1 amide bonds. The standard InChI is InChI=1S/C21H26N2O3S/c1-15-8-6-9-16(2)20(15)27(25,26)14-18-11-7-12-19(22-18)21(24)23-13-5-4-10-17(23)3/h6-9,11-12,17H,4-5,10,13-14H2,1-3H3.